The second-order valence-electron chi connectivity index (χ2n) is 2.72. The van der Waals surface area contributed by atoms with Gasteiger partial charge in [-0.1, -0.05) is 30.3 Å². The lowest BCUT2D eigenvalue weighted by Crippen LogP contribution is -2.43. The van der Waals surface area contributed by atoms with E-state index < -0.39 is 18.2 Å². The fraction of sp³-hybridized carbons (Fsp3) is 0.222. The number of halogens is 1. The average Bonchev–Trinajstić information content (AvgIpc) is 2.17. The van der Waals surface area contributed by atoms with Crippen molar-refractivity contribution in [3.8, 4) is 0 Å². The Balaban J connectivity index is 3.11. The van der Waals surface area contributed by atoms with Gasteiger partial charge in [0.15, 0.2) is 5.60 Å². The van der Waals surface area contributed by atoms with Gasteiger partial charge in [-0.3, -0.25) is 4.79 Å². The molecule has 0 aliphatic heterocycles. The van der Waals surface area contributed by atoms with Gasteiger partial charge in [0, 0.05) is 0 Å². The normalized spacial score (nSPS) is 14.9. The van der Waals surface area contributed by atoms with E-state index in [1.54, 1.807) is 18.2 Å². The van der Waals surface area contributed by atoms with E-state index in [2.05, 4.69) is 0 Å². The van der Waals surface area contributed by atoms with Crippen molar-refractivity contribution >= 4 is 5.91 Å². The van der Waals surface area contributed by atoms with Gasteiger partial charge >= 0.3 is 0 Å². The summed E-state index contributed by atoms with van der Waals surface area (Å²) in [6, 6.07) is 7.79. The van der Waals surface area contributed by atoms with Crippen LogP contribution < -0.4 is 5.73 Å². The van der Waals surface area contributed by atoms with Crippen LogP contribution in [0.15, 0.2) is 30.3 Å². The van der Waals surface area contributed by atoms with Crippen molar-refractivity contribution in [2.45, 2.75) is 5.60 Å². The Morgan fingerprint density at radius 2 is 2.00 bits per heavy atom. The van der Waals surface area contributed by atoms with E-state index >= 15 is 0 Å². The highest BCUT2D eigenvalue weighted by Gasteiger charge is 2.35. The summed E-state index contributed by atoms with van der Waals surface area (Å²) in [6.07, 6.45) is 0. The number of carbonyl (C=O) groups is 1. The first-order chi connectivity index (χ1) is 6.11. The second-order valence-corrected chi connectivity index (χ2v) is 2.72. The van der Waals surface area contributed by atoms with E-state index in [9.17, 15) is 14.3 Å². The molecule has 0 aliphatic carbocycles. The molecule has 0 fully saturated rings. The molecular formula is C9H10FNO2. The first-order valence-electron chi connectivity index (χ1n) is 3.75. The molecule has 1 rings (SSSR count). The molecule has 0 saturated carbocycles. The van der Waals surface area contributed by atoms with E-state index in [1.165, 1.54) is 12.1 Å². The van der Waals surface area contributed by atoms with Gasteiger partial charge in [0.1, 0.15) is 6.67 Å². The summed E-state index contributed by atoms with van der Waals surface area (Å²) in [7, 11) is 0. The third kappa shape index (κ3) is 1.67. The van der Waals surface area contributed by atoms with Crippen molar-refractivity contribution in [2.24, 2.45) is 5.73 Å². The maximum Gasteiger partial charge on any atom is 0.256 e. The van der Waals surface area contributed by atoms with E-state index in [0.29, 0.717) is 0 Å². The summed E-state index contributed by atoms with van der Waals surface area (Å²) in [4.78, 5) is 10.8. The lowest BCUT2D eigenvalue weighted by atomic mass is 9.95. The first-order valence-corrected chi connectivity index (χ1v) is 3.75. The Labute approximate surface area is 75.0 Å². The van der Waals surface area contributed by atoms with Crippen LogP contribution in [0, 0.1) is 0 Å². The molecule has 1 aromatic carbocycles. The Kier molecular flexibility index (Phi) is 2.63. The Bertz CT molecular complexity index is 302. The van der Waals surface area contributed by atoms with Gasteiger partial charge in [-0.25, -0.2) is 4.39 Å². The highest BCUT2D eigenvalue weighted by Crippen LogP contribution is 2.20. The number of hydrogen-bond donors (Lipinski definition) is 2. The molecule has 0 bridgehead atoms. The molecule has 1 unspecified atom stereocenters. The minimum atomic E-state index is -2.19. The standard InChI is InChI=1S/C9H10FNO2/c10-6-9(13,8(11)12)7-4-2-1-3-5-7/h1-5,13H,6H2,(H2,11,12). The molecule has 0 saturated heterocycles. The second kappa shape index (κ2) is 3.53. The molecule has 1 amide bonds. The van der Waals surface area contributed by atoms with E-state index in [1.807, 2.05) is 0 Å². The monoisotopic (exact) mass is 183 g/mol. The number of amides is 1. The van der Waals surface area contributed by atoms with Crippen LogP contribution in [0.3, 0.4) is 0 Å². The number of benzene rings is 1. The topological polar surface area (TPSA) is 63.3 Å². The molecule has 4 heteroatoms. The highest BCUT2D eigenvalue weighted by molar-refractivity contribution is 5.84. The lowest BCUT2D eigenvalue weighted by Gasteiger charge is -2.20. The Morgan fingerprint density at radius 1 is 1.46 bits per heavy atom. The predicted octanol–water partition coefficient (Wildman–Crippen LogP) is 0.329. The third-order valence-corrected chi connectivity index (χ3v) is 1.85. The lowest BCUT2D eigenvalue weighted by molar-refractivity contribution is -0.139. The van der Waals surface area contributed by atoms with Crippen molar-refractivity contribution < 1.29 is 14.3 Å². The van der Waals surface area contributed by atoms with Crippen LogP contribution in [0.1, 0.15) is 5.56 Å². The van der Waals surface area contributed by atoms with Gasteiger partial charge in [-0.05, 0) is 5.56 Å². The molecule has 1 atom stereocenters. The molecular weight excluding hydrogens is 173 g/mol. The molecule has 0 aliphatic rings. The Morgan fingerprint density at radius 3 is 2.38 bits per heavy atom. The summed E-state index contributed by atoms with van der Waals surface area (Å²) in [5.74, 6) is -1.08. The number of aliphatic hydroxyl groups is 1. The van der Waals surface area contributed by atoms with Crippen LogP contribution in [-0.2, 0) is 10.4 Å². The van der Waals surface area contributed by atoms with Gasteiger partial charge in [-0.2, -0.15) is 0 Å². The summed E-state index contributed by atoms with van der Waals surface area (Å²) in [6.45, 7) is -1.22. The minimum absolute atomic E-state index is 0.171. The van der Waals surface area contributed by atoms with Crippen LogP contribution in [0.2, 0.25) is 0 Å². The zero-order valence-corrected chi connectivity index (χ0v) is 6.90. The SMILES string of the molecule is NC(=O)C(O)(CF)c1ccccc1. The minimum Gasteiger partial charge on any atom is -0.373 e. The number of alkyl halides is 1. The van der Waals surface area contributed by atoms with E-state index in [4.69, 9.17) is 5.73 Å². The number of primary amides is 1. The van der Waals surface area contributed by atoms with Crippen LogP contribution in [0.4, 0.5) is 4.39 Å². The molecule has 0 heterocycles. The van der Waals surface area contributed by atoms with Crippen LogP contribution in [0.5, 0.6) is 0 Å². The van der Waals surface area contributed by atoms with Gasteiger partial charge < -0.3 is 10.8 Å². The molecule has 0 radical (unpaired) electrons. The Hall–Kier alpha value is -1.42. The average molecular weight is 183 g/mol. The fourth-order valence-corrected chi connectivity index (χ4v) is 0.999. The fourth-order valence-electron chi connectivity index (χ4n) is 0.999. The third-order valence-electron chi connectivity index (χ3n) is 1.85. The van der Waals surface area contributed by atoms with Crippen LogP contribution in [-0.4, -0.2) is 17.7 Å². The van der Waals surface area contributed by atoms with E-state index in [-0.39, 0.29) is 5.56 Å². The number of carbonyl (C=O) groups excluding carboxylic acids is 1. The largest absolute Gasteiger partial charge is 0.373 e. The molecule has 3 nitrogen and oxygen atoms in total. The molecule has 0 aromatic heterocycles. The maximum absolute atomic E-state index is 12.4. The quantitative estimate of drug-likeness (QED) is 0.709. The van der Waals surface area contributed by atoms with Crippen LogP contribution in [0.25, 0.3) is 0 Å². The molecule has 1 aromatic rings. The van der Waals surface area contributed by atoms with Gasteiger partial charge in [0.2, 0.25) is 0 Å². The van der Waals surface area contributed by atoms with E-state index in [0.717, 1.165) is 0 Å². The molecule has 13 heavy (non-hydrogen) atoms. The summed E-state index contributed by atoms with van der Waals surface area (Å²) in [5.41, 5.74) is 2.86. The van der Waals surface area contributed by atoms with Gasteiger partial charge in [-0.15, -0.1) is 0 Å². The van der Waals surface area contributed by atoms with Crippen molar-refractivity contribution in [1.29, 1.82) is 0 Å². The zero-order chi connectivity index (χ0) is 9.90. The van der Waals surface area contributed by atoms with Gasteiger partial charge in [0.05, 0.1) is 0 Å². The molecule has 70 valence electrons. The maximum atomic E-state index is 12.4. The number of nitrogens with two attached hydrogens (primary N) is 1. The smallest absolute Gasteiger partial charge is 0.256 e. The summed E-state index contributed by atoms with van der Waals surface area (Å²) in [5, 5.41) is 9.52. The molecule has 0 spiro atoms. The van der Waals surface area contributed by atoms with Crippen molar-refractivity contribution in [3.05, 3.63) is 35.9 Å². The van der Waals surface area contributed by atoms with Crippen molar-refractivity contribution in [1.82, 2.24) is 0 Å². The number of rotatable bonds is 3. The predicted molar refractivity (Wildman–Crippen MR) is 45.5 cm³/mol. The first kappa shape index (κ1) is 9.67. The highest BCUT2D eigenvalue weighted by atomic mass is 19.1. The van der Waals surface area contributed by atoms with Gasteiger partial charge in [0.25, 0.3) is 5.91 Å². The van der Waals surface area contributed by atoms with Crippen molar-refractivity contribution in [3.63, 3.8) is 0 Å². The number of hydrogen-bond acceptors (Lipinski definition) is 2. The molecule has 3 N–H and O–H groups in total. The van der Waals surface area contributed by atoms with Crippen LogP contribution >= 0.6 is 0 Å². The summed E-state index contributed by atoms with van der Waals surface area (Å²) < 4.78 is 12.4. The summed E-state index contributed by atoms with van der Waals surface area (Å²) >= 11 is 0. The van der Waals surface area contributed by atoms with Crippen molar-refractivity contribution in [2.75, 3.05) is 6.67 Å². The zero-order valence-electron chi connectivity index (χ0n) is 6.90.